The van der Waals surface area contributed by atoms with Crippen LogP contribution in [0.25, 0.3) is 0 Å². The van der Waals surface area contributed by atoms with Gasteiger partial charge in [-0.25, -0.2) is 0 Å². The Kier molecular flexibility index (Phi) is 10.2. The minimum Gasteiger partial charge on any atom is -0.452 e. The first-order valence-electron chi connectivity index (χ1n) is 18.7. The molecule has 2 aromatic carbocycles. The second kappa shape index (κ2) is 14.1. The molecule has 7 rings (SSSR count). The van der Waals surface area contributed by atoms with E-state index in [1.54, 1.807) is 0 Å². The first-order valence-corrected chi connectivity index (χ1v) is 18.7. The Balaban J connectivity index is 0.00000205. The summed E-state index contributed by atoms with van der Waals surface area (Å²) in [5, 5.41) is 0. The predicted molar refractivity (Wildman–Crippen MR) is 193 cm³/mol. The van der Waals surface area contributed by atoms with Crippen molar-refractivity contribution in [2.45, 2.75) is 97.7 Å². The summed E-state index contributed by atoms with van der Waals surface area (Å²) in [6.07, 6.45) is 13.0. The molecule has 0 N–H and O–H groups in total. The molecule has 0 saturated heterocycles. The molecule has 4 saturated carbocycles. The first kappa shape index (κ1) is 35.5. The molecule has 2 aromatic rings. The fourth-order valence-electron chi connectivity index (χ4n) is 11.8. The van der Waals surface area contributed by atoms with Crippen molar-refractivity contribution in [3.05, 3.63) is 96.1 Å². The smallest absolute Gasteiger partial charge is 0.309 e. The van der Waals surface area contributed by atoms with Gasteiger partial charge < -0.3 is 14.3 Å². The average Bonchev–Trinajstić information content (AvgIpc) is 3.11. The normalized spacial score (nSPS) is 37.9. The molecule has 0 radical (unpaired) electrons. The Morgan fingerprint density at radius 3 is 2.10 bits per heavy atom. The van der Waals surface area contributed by atoms with Gasteiger partial charge in [-0.15, -0.1) is 6.58 Å². The van der Waals surface area contributed by atoms with Gasteiger partial charge in [0, 0.05) is 5.92 Å². The maximum Gasteiger partial charge on any atom is 0.309 e. The molecule has 0 bridgehead atoms. The Bertz CT molecular complexity index is 1490. The summed E-state index contributed by atoms with van der Waals surface area (Å²) in [5.74, 6) is 1.72. The second-order valence-electron chi connectivity index (χ2n) is 16.6. The van der Waals surface area contributed by atoms with Gasteiger partial charge in [0.15, 0.2) is 11.9 Å². The molecular weight excluding hydrogens is 608 g/mol. The third kappa shape index (κ3) is 6.19. The molecule has 10 atom stereocenters. The number of carbonyl (C=O) groups is 3. The van der Waals surface area contributed by atoms with E-state index in [0.717, 1.165) is 62.5 Å². The van der Waals surface area contributed by atoms with E-state index >= 15 is 0 Å². The van der Waals surface area contributed by atoms with Gasteiger partial charge in [-0.1, -0.05) is 100 Å². The number of ether oxygens (including phenoxy) is 2. The van der Waals surface area contributed by atoms with Crippen molar-refractivity contribution in [1.82, 2.24) is 0 Å². The van der Waals surface area contributed by atoms with Crippen LogP contribution in [0, 0.1) is 51.8 Å². The lowest BCUT2D eigenvalue weighted by Gasteiger charge is -2.65. The molecule has 49 heavy (non-hydrogen) atoms. The van der Waals surface area contributed by atoms with E-state index in [1.165, 1.54) is 12.0 Å². The molecule has 262 valence electrons. The van der Waals surface area contributed by atoms with Crippen LogP contribution in [0.2, 0.25) is 0 Å². The van der Waals surface area contributed by atoms with E-state index in [4.69, 9.17) is 14.3 Å². The highest BCUT2D eigenvalue weighted by molar-refractivity contribution is 5.95. The van der Waals surface area contributed by atoms with Gasteiger partial charge in [-0.3, -0.25) is 9.59 Å². The van der Waals surface area contributed by atoms with Crippen molar-refractivity contribution >= 4 is 18.5 Å². The van der Waals surface area contributed by atoms with Gasteiger partial charge in [0.2, 0.25) is 0 Å². The Labute approximate surface area is 293 Å². The van der Waals surface area contributed by atoms with Crippen LogP contribution in [0.3, 0.4) is 0 Å². The Morgan fingerprint density at radius 2 is 1.47 bits per heavy atom. The van der Waals surface area contributed by atoms with Crippen LogP contribution in [0.15, 0.2) is 85.0 Å². The van der Waals surface area contributed by atoms with Crippen LogP contribution in [0.1, 0.15) is 103 Å². The molecule has 5 aliphatic rings. The quantitative estimate of drug-likeness (QED) is 0.218. The van der Waals surface area contributed by atoms with E-state index in [-0.39, 0.29) is 46.1 Å². The Morgan fingerprint density at radius 1 is 0.857 bits per heavy atom. The number of benzene rings is 2. The van der Waals surface area contributed by atoms with Crippen molar-refractivity contribution in [2.24, 2.45) is 51.8 Å². The molecule has 5 aliphatic carbocycles. The second-order valence-corrected chi connectivity index (χ2v) is 16.6. The molecule has 0 amide bonds. The van der Waals surface area contributed by atoms with Gasteiger partial charge >= 0.3 is 5.97 Å². The summed E-state index contributed by atoms with van der Waals surface area (Å²) >= 11 is 0. The lowest BCUT2D eigenvalue weighted by molar-refractivity contribution is -0.173. The van der Waals surface area contributed by atoms with E-state index in [1.807, 2.05) is 73.5 Å². The predicted octanol–water partition coefficient (Wildman–Crippen LogP) is 9.52. The fourth-order valence-corrected chi connectivity index (χ4v) is 11.8. The summed E-state index contributed by atoms with van der Waals surface area (Å²) < 4.78 is 12.6. The minimum absolute atomic E-state index is 0.0108. The zero-order chi connectivity index (χ0) is 35.0. The third-order valence-electron chi connectivity index (χ3n) is 14.2. The molecule has 4 fully saturated rings. The van der Waals surface area contributed by atoms with E-state index < -0.39 is 6.10 Å². The largest absolute Gasteiger partial charge is 0.452 e. The number of hydrogen-bond acceptors (Lipinski definition) is 5. The van der Waals surface area contributed by atoms with Crippen LogP contribution in [-0.4, -0.2) is 31.3 Å². The summed E-state index contributed by atoms with van der Waals surface area (Å²) in [5.41, 5.74) is 3.41. The third-order valence-corrected chi connectivity index (χ3v) is 14.2. The van der Waals surface area contributed by atoms with Gasteiger partial charge in [0.25, 0.3) is 0 Å². The standard InChI is InChI=1S/C43H54O4.CH2O/c1-6-25-46-37-20-24-42(4)33(28(37)2)19-23-43(5)34-18-22-41(3)21-17-31(26-35(41)32(34)27-36(44)39(42)43)40(45)47-38(29-13-9-7-10-14-29)30-15-11-8-12-16-30;1-2/h6-16,27-28,31,33-35,37-39H,1,17-26H2,2-5H3;1H2. The van der Waals surface area contributed by atoms with Crippen LogP contribution in [-0.2, 0) is 23.9 Å². The lowest BCUT2D eigenvalue weighted by Crippen LogP contribution is -2.62. The number of ketones is 1. The van der Waals surface area contributed by atoms with Crippen LogP contribution >= 0.6 is 0 Å². The summed E-state index contributed by atoms with van der Waals surface area (Å²) in [7, 11) is 0. The van der Waals surface area contributed by atoms with Gasteiger partial charge in [0.1, 0.15) is 6.79 Å². The SMILES string of the molecule is C=CCOC1CCC2(C)C(CCC3(C)C4CCC5(C)CCC(C(=O)OC(c6ccccc6)c6ccccc6)CC5C4=CC(=O)C32)C1C.C=O. The highest BCUT2D eigenvalue weighted by atomic mass is 16.5. The summed E-state index contributed by atoms with van der Waals surface area (Å²) in [6.45, 7) is 16.1. The lowest BCUT2D eigenvalue weighted by atomic mass is 9.38. The number of rotatable bonds is 7. The number of carbonyl (C=O) groups excluding carboxylic acids is 3. The highest BCUT2D eigenvalue weighted by Gasteiger charge is 2.65. The van der Waals surface area contributed by atoms with Crippen molar-refractivity contribution in [2.75, 3.05) is 6.61 Å². The highest BCUT2D eigenvalue weighted by Crippen LogP contribution is 2.69. The maximum atomic E-state index is 14.5. The van der Waals surface area contributed by atoms with E-state index in [9.17, 15) is 9.59 Å². The van der Waals surface area contributed by atoms with Crippen LogP contribution in [0.5, 0.6) is 0 Å². The molecule has 0 aliphatic heterocycles. The van der Waals surface area contributed by atoms with Crippen molar-refractivity contribution in [3.8, 4) is 0 Å². The van der Waals surface area contributed by atoms with Crippen molar-refractivity contribution in [1.29, 1.82) is 0 Å². The van der Waals surface area contributed by atoms with Gasteiger partial charge in [-0.05, 0) is 115 Å². The van der Waals surface area contributed by atoms with Gasteiger partial charge in [-0.2, -0.15) is 0 Å². The summed E-state index contributed by atoms with van der Waals surface area (Å²) in [6, 6.07) is 20.2. The molecule has 5 heteroatoms. The zero-order valence-electron chi connectivity index (χ0n) is 30.1. The van der Waals surface area contributed by atoms with Crippen LogP contribution < -0.4 is 0 Å². The zero-order valence-corrected chi connectivity index (χ0v) is 30.1. The monoisotopic (exact) mass is 664 g/mol. The number of hydrogen-bond donors (Lipinski definition) is 0. The molecule has 0 spiro atoms. The van der Waals surface area contributed by atoms with E-state index in [0.29, 0.717) is 30.1 Å². The van der Waals surface area contributed by atoms with Gasteiger partial charge in [0.05, 0.1) is 18.6 Å². The van der Waals surface area contributed by atoms with Crippen LogP contribution in [0.4, 0.5) is 0 Å². The summed E-state index contributed by atoms with van der Waals surface area (Å²) in [4.78, 5) is 36.6. The fraction of sp³-hybridized carbons (Fsp3) is 0.568. The van der Waals surface area contributed by atoms with Crippen molar-refractivity contribution in [3.63, 3.8) is 0 Å². The molecular formula is C44H56O5. The number of esters is 1. The molecule has 5 nitrogen and oxygen atoms in total. The molecule has 0 heterocycles. The van der Waals surface area contributed by atoms with E-state index in [2.05, 4.69) is 40.3 Å². The Hall–Kier alpha value is -3.31. The topological polar surface area (TPSA) is 69.7 Å². The van der Waals surface area contributed by atoms with Crippen molar-refractivity contribution < 1.29 is 23.9 Å². The number of fused-ring (bicyclic) bond motifs is 7. The average molecular weight is 665 g/mol. The molecule has 0 aromatic heterocycles. The molecule has 10 unspecified atom stereocenters. The maximum absolute atomic E-state index is 14.5. The first-order chi connectivity index (χ1) is 23.6. The minimum atomic E-state index is -0.428. The number of allylic oxidation sites excluding steroid dienone is 2.